The van der Waals surface area contributed by atoms with E-state index < -0.39 is 0 Å². The van der Waals surface area contributed by atoms with E-state index in [2.05, 4.69) is 35.6 Å². The first-order valence-corrected chi connectivity index (χ1v) is 7.92. The maximum Gasteiger partial charge on any atom is 0.125 e. The molecular weight excluding hydrogens is 258 g/mol. The molecule has 3 rings (SSSR count). The Hall–Kier alpha value is -1.80. The van der Waals surface area contributed by atoms with Gasteiger partial charge in [-0.2, -0.15) is 0 Å². The van der Waals surface area contributed by atoms with Crippen LogP contribution in [-0.4, -0.2) is 12.6 Å². The maximum absolute atomic E-state index is 6.26. The summed E-state index contributed by atoms with van der Waals surface area (Å²) in [5, 5.41) is 3.63. The predicted molar refractivity (Wildman–Crippen MR) is 86.5 cm³/mol. The molecule has 0 amide bonds. The van der Waals surface area contributed by atoms with E-state index in [0.29, 0.717) is 6.04 Å². The Labute approximate surface area is 127 Å². The summed E-state index contributed by atoms with van der Waals surface area (Å²) < 4.78 is 6.26. The number of nitrogens with one attached hydrogen (secondary N) is 1. The van der Waals surface area contributed by atoms with Crippen LogP contribution in [0.1, 0.15) is 37.4 Å². The van der Waals surface area contributed by atoms with Crippen molar-refractivity contribution in [3.63, 3.8) is 0 Å². The fraction of sp³-hybridized carbons (Fsp3) is 0.368. The van der Waals surface area contributed by atoms with Crippen molar-refractivity contribution in [2.45, 2.75) is 37.8 Å². The third-order valence-corrected chi connectivity index (χ3v) is 4.10. The van der Waals surface area contributed by atoms with Gasteiger partial charge in [0.05, 0.1) is 0 Å². The van der Waals surface area contributed by atoms with Crippen molar-refractivity contribution in [3.05, 3.63) is 66.2 Å². The molecule has 1 N–H and O–H groups in total. The molecule has 21 heavy (non-hydrogen) atoms. The van der Waals surface area contributed by atoms with E-state index in [9.17, 15) is 0 Å². The summed E-state index contributed by atoms with van der Waals surface area (Å²) in [7, 11) is 0. The van der Waals surface area contributed by atoms with E-state index >= 15 is 0 Å². The standard InChI is InChI=1S/C19H23NO/c1-3-9-16(10-4-1)19(15-17-11-7-8-14-20-17)21-18-12-5-2-6-13-18/h1-6,9-10,12-13,17,19-20H,7-8,11,14-15H2. The lowest BCUT2D eigenvalue weighted by Gasteiger charge is -2.28. The summed E-state index contributed by atoms with van der Waals surface area (Å²) in [5.41, 5.74) is 1.26. The lowest BCUT2D eigenvalue weighted by molar-refractivity contribution is 0.169. The van der Waals surface area contributed by atoms with Crippen LogP contribution in [0.3, 0.4) is 0 Å². The van der Waals surface area contributed by atoms with Crippen LogP contribution >= 0.6 is 0 Å². The lowest BCUT2D eigenvalue weighted by Crippen LogP contribution is -2.36. The number of rotatable bonds is 5. The second kappa shape index (κ2) is 7.28. The molecule has 110 valence electrons. The maximum atomic E-state index is 6.26. The fourth-order valence-electron chi connectivity index (χ4n) is 2.97. The summed E-state index contributed by atoms with van der Waals surface area (Å²) in [6.45, 7) is 1.14. The second-order valence-corrected chi connectivity index (χ2v) is 5.71. The van der Waals surface area contributed by atoms with Crippen molar-refractivity contribution in [2.75, 3.05) is 6.54 Å². The molecule has 2 unspecified atom stereocenters. The van der Waals surface area contributed by atoms with E-state index in [-0.39, 0.29) is 6.10 Å². The molecule has 2 nitrogen and oxygen atoms in total. The van der Waals surface area contributed by atoms with Gasteiger partial charge in [-0.15, -0.1) is 0 Å². The Kier molecular flexibility index (Phi) is 4.90. The van der Waals surface area contributed by atoms with Gasteiger partial charge in [0, 0.05) is 12.5 Å². The highest BCUT2D eigenvalue weighted by Gasteiger charge is 2.21. The lowest BCUT2D eigenvalue weighted by atomic mass is 9.96. The first kappa shape index (κ1) is 14.2. The third-order valence-electron chi connectivity index (χ3n) is 4.10. The zero-order valence-corrected chi connectivity index (χ0v) is 12.4. The highest BCUT2D eigenvalue weighted by atomic mass is 16.5. The number of ether oxygens (including phenoxy) is 1. The van der Waals surface area contributed by atoms with E-state index in [1.165, 1.54) is 24.8 Å². The average Bonchev–Trinajstić information content (AvgIpc) is 2.57. The van der Waals surface area contributed by atoms with Crippen LogP contribution in [0.15, 0.2) is 60.7 Å². The van der Waals surface area contributed by atoms with Gasteiger partial charge in [-0.3, -0.25) is 0 Å². The molecule has 0 spiro atoms. The first-order valence-electron chi connectivity index (χ1n) is 7.92. The molecule has 0 aromatic heterocycles. The van der Waals surface area contributed by atoms with Crippen molar-refractivity contribution >= 4 is 0 Å². The van der Waals surface area contributed by atoms with Gasteiger partial charge in [0.2, 0.25) is 0 Å². The molecule has 0 aliphatic carbocycles. The van der Waals surface area contributed by atoms with Gasteiger partial charge >= 0.3 is 0 Å². The van der Waals surface area contributed by atoms with Gasteiger partial charge in [-0.1, -0.05) is 55.0 Å². The van der Waals surface area contributed by atoms with E-state index in [1.807, 2.05) is 30.3 Å². The zero-order chi connectivity index (χ0) is 14.3. The molecule has 1 aliphatic heterocycles. The van der Waals surface area contributed by atoms with E-state index in [0.717, 1.165) is 18.7 Å². The Morgan fingerprint density at radius 1 is 0.952 bits per heavy atom. The van der Waals surface area contributed by atoms with Gasteiger partial charge in [0.25, 0.3) is 0 Å². The van der Waals surface area contributed by atoms with Gasteiger partial charge in [0.1, 0.15) is 11.9 Å². The average molecular weight is 281 g/mol. The highest BCUT2D eigenvalue weighted by Crippen LogP contribution is 2.27. The molecule has 0 radical (unpaired) electrons. The molecule has 0 bridgehead atoms. The zero-order valence-electron chi connectivity index (χ0n) is 12.4. The van der Waals surface area contributed by atoms with Gasteiger partial charge < -0.3 is 10.1 Å². The minimum absolute atomic E-state index is 0.115. The number of piperidine rings is 1. The Balaban J connectivity index is 1.74. The number of hydrogen-bond donors (Lipinski definition) is 1. The van der Waals surface area contributed by atoms with E-state index in [1.54, 1.807) is 0 Å². The van der Waals surface area contributed by atoms with E-state index in [4.69, 9.17) is 4.74 Å². The molecule has 2 aromatic rings. The molecule has 2 heteroatoms. The van der Waals surface area contributed by atoms with Crippen LogP contribution in [0, 0.1) is 0 Å². The Morgan fingerprint density at radius 3 is 2.33 bits per heavy atom. The summed E-state index contributed by atoms with van der Waals surface area (Å²) in [6, 6.07) is 21.3. The molecule has 0 saturated carbocycles. The predicted octanol–water partition coefficient (Wildman–Crippen LogP) is 4.34. The summed E-state index contributed by atoms with van der Waals surface area (Å²) in [5.74, 6) is 0.946. The fourth-order valence-corrected chi connectivity index (χ4v) is 2.97. The molecule has 1 fully saturated rings. The third kappa shape index (κ3) is 4.08. The molecule has 1 saturated heterocycles. The minimum Gasteiger partial charge on any atom is -0.486 e. The van der Waals surface area contributed by atoms with Crippen molar-refractivity contribution < 1.29 is 4.74 Å². The molecule has 2 aromatic carbocycles. The van der Waals surface area contributed by atoms with Crippen molar-refractivity contribution in [2.24, 2.45) is 0 Å². The van der Waals surface area contributed by atoms with Crippen LogP contribution in [0.2, 0.25) is 0 Å². The number of para-hydroxylation sites is 1. The van der Waals surface area contributed by atoms with Gasteiger partial charge in [-0.25, -0.2) is 0 Å². The van der Waals surface area contributed by atoms with Crippen molar-refractivity contribution in [1.82, 2.24) is 5.32 Å². The second-order valence-electron chi connectivity index (χ2n) is 5.71. The van der Waals surface area contributed by atoms with Crippen LogP contribution < -0.4 is 10.1 Å². The van der Waals surface area contributed by atoms with Crippen molar-refractivity contribution in [3.8, 4) is 5.75 Å². The molecule has 1 aliphatic rings. The van der Waals surface area contributed by atoms with Crippen molar-refractivity contribution in [1.29, 1.82) is 0 Å². The summed E-state index contributed by atoms with van der Waals surface area (Å²) in [4.78, 5) is 0. The van der Waals surface area contributed by atoms with Gasteiger partial charge in [-0.05, 0) is 37.1 Å². The molecule has 1 heterocycles. The van der Waals surface area contributed by atoms with Crippen LogP contribution in [0.4, 0.5) is 0 Å². The smallest absolute Gasteiger partial charge is 0.125 e. The van der Waals surface area contributed by atoms with Crippen LogP contribution in [0.25, 0.3) is 0 Å². The summed E-state index contributed by atoms with van der Waals surface area (Å²) >= 11 is 0. The van der Waals surface area contributed by atoms with Crippen LogP contribution in [0.5, 0.6) is 5.75 Å². The first-order chi connectivity index (χ1) is 10.4. The number of hydrogen-bond acceptors (Lipinski definition) is 2. The molecular formula is C19H23NO. The summed E-state index contributed by atoms with van der Waals surface area (Å²) in [6.07, 6.45) is 5.01. The number of benzene rings is 2. The highest BCUT2D eigenvalue weighted by molar-refractivity contribution is 5.24. The largest absolute Gasteiger partial charge is 0.486 e. The minimum atomic E-state index is 0.115. The quantitative estimate of drug-likeness (QED) is 0.880. The monoisotopic (exact) mass is 281 g/mol. The van der Waals surface area contributed by atoms with Crippen LogP contribution in [-0.2, 0) is 0 Å². The molecule has 2 atom stereocenters. The Morgan fingerprint density at radius 2 is 1.67 bits per heavy atom. The normalized spacial score (nSPS) is 19.9. The Bertz CT molecular complexity index is 520. The topological polar surface area (TPSA) is 21.3 Å². The van der Waals surface area contributed by atoms with Gasteiger partial charge in [0.15, 0.2) is 0 Å². The SMILES string of the molecule is c1ccc(OC(CC2CCCCN2)c2ccccc2)cc1.